The van der Waals surface area contributed by atoms with Crippen LogP contribution in [0, 0.1) is 5.92 Å². The third kappa shape index (κ3) is 2.62. The largest absolute Gasteiger partial charge is 0.477 e. The number of nitrogens with two attached hydrogens (primary N) is 1. The number of hydrogen-bond donors (Lipinski definition) is 5. The average molecular weight is 317 g/mol. The third-order valence-electron chi connectivity index (χ3n) is 3.28. The van der Waals surface area contributed by atoms with Crippen molar-refractivity contribution in [1.29, 1.82) is 0 Å². The number of fused-ring (bicyclic) bond motifs is 1. The van der Waals surface area contributed by atoms with Gasteiger partial charge in [-0.25, -0.2) is 4.79 Å². The van der Waals surface area contributed by atoms with Gasteiger partial charge in [-0.1, -0.05) is 11.8 Å². The number of carboxylic acid groups (broad SMARTS) is 1. The SMILES string of the molecule is N[C@H](CO)C(=O)NCC1=C(C(=O)O)N2C(=O)[C@H](CO)[C@H]2S1. The molecule has 2 heterocycles. The number of aliphatic hydroxyl groups excluding tert-OH is 2. The monoisotopic (exact) mass is 317 g/mol. The van der Waals surface area contributed by atoms with Crippen molar-refractivity contribution in [2.75, 3.05) is 19.8 Å². The summed E-state index contributed by atoms with van der Waals surface area (Å²) in [5.74, 6) is -2.96. The van der Waals surface area contributed by atoms with Crippen LogP contribution in [0.4, 0.5) is 0 Å². The molecule has 3 atom stereocenters. The van der Waals surface area contributed by atoms with Gasteiger partial charge >= 0.3 is 5.97 Å². The van der Waals surface area contributed by atoms with Gasteiger partial charge in [-0.05, 0) is 0 Å². The summed E-state index contributed by atoms with van der Waals surface area (Å²) in [4.78, 5) is 35.9. The van der Waals surface area contributed by atoms with Gasteiger partial charge in [0.05, 0.1) is 25.7 Å². The highest BCUT2D eigenvalue weighted by atomic mass is 32.2. The van der Waals surface area contributed by atoms with Gasteiger partial charge in [0.2, 0.25) is 11.8 Å². The molecule has 2 aliphatic heterocycles. The van der Waals surface area contributed by atoms with Gasteiger partial charge in [0, 0.05) is 4.91 Å². The van der Waals surface area contributed by atoms with Crippen molar-refractivity contribution in [3.63, 3.8) is 0 Å². The Morgan fingerprint density at radius 1 is 1.43 bits per heavy atom. The fraction of sp³-hybridized carbons (Fsp3) is 0.545. The van der Waals surface area contributed by atoms with Crippen LogP contribution in [0.3, 0.4) is 0 Å². The number of carbonyl (C=O) groups excluding carboxylic acids is 2. The van der Waals surface area contributed by atoms with Crippen LogP contribution in [-0.4, -0.2) is 69.2 Å². The van der Waals surface area contributed by atoms with Crippen LogP contribution >= 0.6 is 11.8 Å². The predicted molar refractivity (Wildman–Crippen MR) is 71.5 cm³/mol. The highest BCUT2D eigenvalue weighted by Crippen LogP contribution is 2.48. The van der Waals surface area contributed by atoms with Crippen molar-refractivity contribution in [2.24, 2.45) is 11.7 Å². The van der Waals surface area contributed by atoms with E-state index in [1.54, 1.807) is 0 Å². The second-order valence-electron chi connectivity index (χ2n) is 4.59. The van der Waals surface area contributed by atoms with Gasteiger partial charge in [0.25, 0.3) is 0 Å². The Morgan fingerprint density at radius 2 is 2.10 bits per heavy atom. The number of nitrogens with one attached hydrogen (secondary N) is 1. The number of carboxylic acids is 1. The number of nitrogens with zero attached hydrogens (tertiary/aromatic N) is 1. The van der Waals surface area contributed by atoms with Crippen LogP contribution in [0.25, 0.3) is 0 Å². The fourth-order valence-electron chi connectivity index (χ4n) is 2.13. The predicted octanol–water partition coefficient (Wildman–Crippen LogP) is -2.76. The van der Waals surface area contributed by atoms with E-state index in [4.69, 9.17) is 15.9 Å². The van der Waals surface area contributed by atoms with Crippen molar-refractivity contribution in [3.8, 4) is 0 Å². The number of amides is 2. The summed E-state index contributed by atoms with van der Waals surface area (Å²) in [6.07, 6.45) is 0. The molecule has 2 amide bonds. The summed E-state index contributed by atoms with van der Waals surface area (Å²) in [6, 6.07) is -1.09. The zero-order valence-corrected chi connectivity index (χ0v) is 11.7. The second kappa shape index (κ2) is 6.02. The normalized spacial score (nSPS) is 25.5. The van der Waals surface area contributed by atoms with Gasteiger partial charge in [-0.2, -0.15) is 0 Å². The second-order valence-corrected chi connectivity index (χ2v) is 5.80. The topological polar surface area (TPSA) is 153 Å². The first kappa shape index (κ1) is 15.8. The van der Waals surface area contributed by atoms with Crippen LogP contribution in [0.1, 0.15) is 0 Å². The lowest BCUT2D eigenvalue weighted by molar-refractivity contribution is -0.153. The van der Waals surface area contributed by atoms with Gasteiger partial charge in [-0.15, -0.1) is 0 Å². The molecule has 116 valence electrons. The van der Waals surface area contributed by atoms with Crippen molar-refractivity contribution >= 4 is 29.5 Å². The minimum absolute atomic E-state index is 0.0999. The molecule has 0 aliphatic carbocycles. The molecule has 0 spiro atoms. The third-order valence-corrected chi connectivity index (χ3v) is 4.68. The van der Waals surface area contributed by atoms with E-state index < -0.39 is 41.7 Å². The van der Waals surface area contributed by atoms with Gasteiger partial charge in [0.1, 0.15) is 17.1 Å². The minimum Gasteiger partial charge on any atom is -0.477 e. The Kier molecular flexibility index (Phi) is 4.52. The van der Waals surface area contributed by atoms with Gasteiger partial charge in [0.15, 0.2) is 0 Å². The van der Waals surface area contributed by atoms with E-state index in [9.17, 15) is 19.5 Å². The number of carbonyl (C=O) groups is 3. The van der Waals surface area contributed by atoms with E-state index in [1.807, 2.05) is 0 Å². The van der Waals surface area contributed by atoms with E-state index in [0.717, 1.165) is 16.7 Å². The highest BCUT2D eigenvalue weighted by molar-refractivity contribution is 8.04. The lowest BCUT2D eigenvalue weighted by Gasteiger charge is -2.41. The number of hydrogen-bond acceptors (Lipinski definition) is 7. The van der Waals surface area contributed by atoms with Crippen LogP contribution in [0.15, 0.2) is 10.6 Å². The molecule has 0 aromatic rings. The molecule has 6 N–H and O–H groups in total. The Morgan fingerprint density at radius 3 is 2.62 bits per heavy atom. The molecular formula is C11H15N3O6S. The molecule has 1 fully saturated rings. The zero-order chi connectivity index (χ0) is 15.7. The van der Waals surface area contributed by atoms with Crippen molar-refractivity contribution in [1.82, 2.24) is 10.2 Å². The number of rotatable bonds is 6. The standard InChI is InChI=1S/C11H15N3O6S/c12-5(3-16)8(17)13-1-6-7(11(19)20)14-9(18)4(2-15)10(14)21-6/h4-5,10,15-16H,1-3,12H2,(H,13,17)(H,19,20)/t4-,5+,10+/m0/s1. The van der Waals surface area contributed by atoms with E-state index in [2.05, 4.69) is 5.32 Å². The molecule has 0 unspecified atom stereocenters. The van der Waals surface area contributed by atoms with Crippen LogP contribution in [0.5, 0.6) is 0 Å². The molecule has 10 heteroatoms. The molecule has 1 saturated heterocycles. The average Bonchev–Trinajstić information content (AvgIpc) is 2.79. The smallest absolute Gasteiger partial charge is 0.353 e. The lowest BCUT2D eigenvalue weighted by Crippen LogP contribution is -2.58. The molecule has 9 nitrogen and oxygen atoms in total. The zero-order valence-electron chi connectivity index (χ0n) is 10.9. The Hall–Kier alpha value is -1.62. The number of aliphatic hydroxyl groups is 2. The molecule has 0 saturated carbocycles. The summed E-state index contributed by atoms with van der Waals surface area (Å²) < 4.78 is 0. The van der Waals surface area contributed by atoms with E-state index in [1.165, 1.54) is 0 Å². The number of thioether (sulfide) groups is 1. The maximum Gasteiger partial charge on any atom is 0.353 e. The summed E-state index contributed by atoms with van der Waals surface area (Å²) in [5, 5.41) is 29.0. The summed E-state index contributed by atoms with van der Waals surface area (Å²) in [7, 11) is 0. The number of β-lactam (4-membered cyclic amide) rings is 1. The van der Waals surface area contributed by atoms with E-state index in [-0.39, 0.29) is 18.8 Å². The van der Waals surface area contributed by atoms with Gasteiger partial charge in [-0.3, -0.25) is 14.5 Å². The maximum atomic E-state index is 11.7. The number of aliphatic carboxylic acids is 1. The molecule has 2 aliphatic rings. The minimum atomic E-state index is -1.27. The molecule has 0 bridgehead atoms. The molecule has 0 aromatic heterocycles. The Bertz CT molecular complexity index is 522. The summed E-state index contributed by atoms with van der Waals surface area (Å²) >= 11 is 1.12. The van der Waals surface area contributed by atoms with E-state index in [0.29, 0.717) is 4.91 Å². The first-order valence-electron chi connectivity index (χ1n) is 6.13. The maximum absolute atomic E-state index is 11.7. The van der Waals surface area contributed by atoms with E-state index >= 15 is 0 Å². The Balaban J connectivity index is 2.10. The van der Waals surface area contributed by atoms with Crippen molar-refractivity contribution < 1.29 is 29.7 Å². The van der Waals surface area contributed by atoms with Crippen molar-refractivity contribution in [3.05, 3.63) is 10.6 Å². The molecule has 0 aromatic carbocycles. The van der Waals surface area contributed by atoms with Crippen LogP contribution in [0.2, 0.25) is 0 Å². The molecule has 21 heavy (non-hydrogen) atoms. The van der Waals surface area contributed by atoms with Crippen LogP contribution < -0.4 is 11.1 Å². The Labute approximate surface area is 123 Å². The summed E-state index contributed by atoms with van der Waals surface area (Å²) in [5.41, 5.74) is 5.15. The lowest BCUT2D eigenvalue weighted by atomic mass is 9.98. The molecule has 0 radical (unpaired) electrons. The molecular weight excluding hydrogens is 302 g/mol. The molecule has 2 rings (SSSR count). The summed E-state index contributed by atoms with van der Waals surface area (Å²) in [6.45, 7) is -0.976. The van der Waals surface area contributed by atoms with Gasteiger partial charge < -0.3 is 26.4 Å². The quantitative estimate of drug-likeness (QED) is 0.330. The van der Waals surface area contributed by atoms with Crippen molar-refractivity contribution in [2.45, 2.75) is 11.4 Å². The highest BCUT2D eigenvalue weighted by Gasteiger charge is 2.55. The van der Waals surface area contributed by atoms with Crippen LogP contribution in [-0.2, 0) is 14.4 Å². The first-order valence-corrected chi connectivity index (χ1v) is 7.01. The first-order chi connectivity index (χ1) is 9.92. The fourth-order valence-corrected chi connectivity index (χ4v) is 3.56.